The number of benzene rings is 3. The van der Waals surface area contributed by atoms with Crippen LogP contribution in [0.15, 0.2) is 71.8 Å². The second-order valence-electron chi connectivity index (χ2n) is 6.83. The third-order valence-electron chi connectivity index (χ3n) is 4.68. The fourth-order valence-corrected chi connectivity index (χ4v) is 3.11. The summed E-state index contributed by atoms with van der Waals surface area (Å²) in [6, 6.07) is 19.4. The summed E-state index contributed by atoms with van der Waals surface area (Å²) in [7, 11) is 1.48. The number of ether oxygens (including phenoxy) is 1. The SMILES string of the molecule is COc1ccc(Cl)cc1C(=O)N/N=C(/C)c1ccc(NC(=O)c2ccccc2C)cc1. The van der Waals surface area contributed by atoms with Crippen molar-refractivity contribution in [2.75, 3.05) is 12.4 Å². The van der Waals surface area contributed by atoms with E-state index in [1.807, 2.05) is 37.3 Å². The highest BCUT2D eigenvalue weighted by Gasteiger charge is 2.13. The molecule has 0 radical (unpaired) electrons. The Morgan fingerprint density at radius 2 is 1.65 bits per heavy atom. The Hall–Kier alpha value is -3.64. The zero-order valence-electron chi connectivity index (χ0n) is 17.4. The molecule has 0 aliphatic heterocycles. The van der Waals surface area contributed by atoms with Crippen molar-refractivity contribution in [3.05, 3.63) is 94.0 Å². The minimum atomic E-state index is -0.430. The summed E-state index contributed by atoms with van der Waals surface area (Å²) >= 11 is 5.97. The molecule has 6 nitrogen and oxygen atoms in total. The van der Waals surface area contributed by atoms with Crippen LogP contribution in [0.25, 0.3) is 0 Å². The predicted octanol–water partition coefficient (Wildman–Crippen LogP) is 5.06. The maximum Gasteiger partial charge on any atom is 0.275 e. The molecule has 3 aromatic rings. The van der Waals surface area contributed by atoms with Gasteiger partial charge in [0.2, 0.25) is 0 Å². The first-order chi connectivity index (χ1) is 14.9. The van der Waals surface area contributed by atoms with Crippen molar-refractivity contribution in [1.82, 2.24) is 5.43 Å². The Morgan fingerprint density at radius 1 is 0.935 bits per heavy atom. The van der Waals surface area contributed by atoms with Gasteiger partial charge in [-0.25, -0.2) is 5.43 Å². The molecule has 31 heavy (non-hydrogen) atoms. The maximum atomic E-state index is 12.4. The third kappa shape index (κ3) is 5.49. The number of aryl methyl sites for hydroxylation is 1. The molecule has 0 spiro atoms. The molecule has 0 saturated carbocycles. The van der Waals surface area contributed by atoms with E-state index in [4.69, 9.17) is 16.3 Å². The van der Waals surface area contributed by atoms with Crippen LogP contribution in [0.2, 0.25) is 5.02 Å². The molecule has 0 aliphatic rings. The van der Waals surface area contributed by atoms with Crippen LogP contribution in [0.1, 0.15) is 38.8 Å². The van der Waals surface area contributed by atoms with Crippen LogP contribution in [-0.2, 0) is 0 Å². The van der Waals surface area contributed by atoms with Crippen LogP contribution >= 0.6 is 11.6 Å². The van der Waals surface area contributed by atoms with Crippen LogP contribution in [0.4, 0.5) is 5.69 Å². The smallest absolute Gasteiger partial charge is 0.275 e. The van der Waals surface area contributed by atoms with Gasteiger partial charge < -0.3 is 10.1 Å². The van der Waals surface area contributed by atoms with Crippen LogP contribution in [0.5, 0.6) is 5.75 Å². The number of carbonyl (C=O) groups is 2. The number of anilines is 1. The lowest BCUT2D eigenvalue weighted by atomic mass is 10.1. The van der Waals surface area contributed by atoms with Gasteiger partial charge in [-0.1, -0.05) is 41.9 Å². The zero-order chi connectivity index (χ0) is 22.4. The molecule has 0 aliphatic carbocycles. The fourth-order valence-electron chi connectivity index (χ4n) is 2.94. The number of hydrogen-bond acceptors (Lipinski definition) is 4. The van der Waals surface area contributed by atoms with Crippen molar-refractivity contribution in [2.24, 2.45) is 5.10 Å². The van der Waals surface area contributed by atoms with Gasteiger partial charge in [-0.05, 0) is 61.4 Å². The van der Waals surface area contributed by atoms with Gasteiger partial charge >= 0.3 is 0 Å². The quantitative estimate of drug-likeness (QED) is 0.419. The van der Waals surface area contributed by atoms with Crippen LogP contribution < -0.4 is 15.5 Å². The molecular formula is C24H22ClN3O3. The van der Waals surface area contributed by atoms with E-state index in [-0.39, 0.29) is 5.91 Å². The zero-order valence-corrected chi connectivity index (χ0v) is 18.2. The van der Waals surface area contributed by atoms with E-state index in [0.717, 1.165) is 11.1 Å². The molecule has 0 fully saturated rings. The van der Waals surface area contributed by atoms with Gasteiger partial charge in [0.25, 0.3) is 11.8 Å². The number of nitrogens with one attached hydrogen (secondary N) is 2. The number of amides is 2. The Morgan fingerprint density at radius 3 is 2.32 bits per heavy atom. The minimum Gasteiger partial charge on any atom is -0.496 e. The predicted molar refractivity (Wildman–Crippen MR) is 123 cm³/mol. The number of rotatable bonds is 6. The average molecular weight is 436 g/mol. The third-order valence-corrected chi connectivity index (χ3v) is 4.92. The molecule has 0 saturated heterocycles. The maximum absolute atomic E-state index is 12.4. The van der Waals surface area contributed by atoms with Crippen molar-refractivity contribution < 1.29 is 14.3 Å². The molecule has 2 amide bonds. The van der Waals surface area contributed by atoms with E-state index in [1.165, 1.54) is 13.2 Å². The van der Waals surface area contributed by atoms with Crippen molar-refractivity contribution in [2.45, 2.75) is 13.8 Å². The lowest BCUT2D eigenvalue weighted by molar-refractivity contribution is 0.0951. The average Bonchev–Trinajstić information content (AvgIpc) is 2.78. The summed E-state index contributed by atoms with van der Waals surface area (Å²) in [5.41, 5.74) is 6.41. The summed E-state index contributed by atoms with van der Waals surface area (Å²) < 4.78 is 5.19. The molecule has 0 unspecified atom stereocenters. The first kappa shape index (κ1) is 22.1. The molecule has 3 rings (SSSR count). The van der Waals surface area contributed by atoms with E-state index in [1.54, 1.807) is 37.3 Å². The van der Waals surface area contributed by atoms with E-state index in [0.29, 0.717) is 33.3 Å². The number of hydrazone groups is 1. The standard InChI is InChI=1S/C24H22ClN3O3/c1-15-6-4-5-7-20(15)23(29)26-19-11-8-17(9-12-19)16(2)27-28-24(30)21-14-18(25)10-13-22(21)31-3/h4-14H,1-3H3,(H,26,29)(H,28,30)/b27-16-. The molecule has 0 heterocycles. The van der Waals surface area contributed by atoms with Gasteiger partial charge in [-0.15, -0.1) is 0 Å². The summed E-state index contributed by atoms with van der Waals surface area (Å²) in [5.74, 6) is -0.191. The summed E-state index contributed by atoms with van der Waals surface area (Å²) in [6.07, 6.45) is 0. The summed E-state index contributed by atoms with van der Waals surface area (Å²) in [6.45, 7) is 3.67. The molecular weight excluding hydrogens is 414 g/mol. The first-order valence-electron chi connectivity index (χ1n) is 9.54. The van der Waals surface area contributed by atoms with E-state index in [2.05, 4.69) is 15.8 Å². The van der Waals surface area contributed by atoms with Gasteiger partial charge in [-0.3, -0.25) is 9.59 Å². The lowest BCUT2D eigenvalue weighted by Crippen LogP contribution is -2.20. The number of hydrogen-bond donors (Lipinski definition) is 2. The molecule has 2 N–H and O–H groups in total. The molecule has 0 atom stereocenters. The number of carbonyl (C=O) groups excluding carboxylic acids is 2. The molecule has 7 heteroatoms. The van der Waals surface area contributed by atoms with Crippen LogP contribution in [0.3, 0.4) is 0 Å². The Labute approximate surface area is 185 Å². The minimum absolute atomic E-state index is 0.168. The van der Waals surface area contributed by atoms with Crippen LogP contribution in [0, 0.1) is 6.92 Å². The highest BCUT2D eigenvalue weighted by molar-refractivity contribution is 6.31. The van der Waals surface area contributed by atoms with E-state index in [9.17, 15) is 9.59 Å². The highest BCUT2D eigenvalue weighted by Crippen LogP contribution is 2.22. The molecule has 3 aromatic carbocycles. The van der Waals surface area contributed by atoms with Gasteiger partial charge in [0.05, 0.1) is 18.4 Å². The molecule has 0 aromatic heterocycles. The lowest BCUT2D eigenvalue weighted by Gasteiger charge is -2.09. The van der Waals surface area contributed by atoms with Crippen molar-refractivity contribution in [3.8, 4) is 5.75 Å². The van der Waals surface area contributed by atoms with Gasteiger partial charge in [0.15, 0.2) is 0 Å². The number of methoxy groups -OCH3 is 1. The molecule has 158 valence electrons. The van der Waals surface area contributed by atoms with Gasteiger partial charge in [0, 0.05) is 16.3 Å². The summed E-state index contributed by atoms with van der Waals surface area (Å²) in [4.78, 5) is 24.9. The largest absolute Gasteiger partial charge is 0.496 e. The highest BCUT2D eigenvalue weighted by atomic mass is 35.5. The number of halogens is 1. The Bertz CT molecular complexity index is 1140. The van der Waals surface area contributed by atoms with E-state index >= 15 is 0 Å². The monoisotopic (exact) mass is 435 g/mol. The second-order valence-corrected chi connectivity index (χ2v) is 7.27. The summed E-state index contributed by atoms with van der Waals surface area (Å²) in [5, 5.41) is 7.46. The Balaban J connectivity index is 1.67. The van der Waals surface area contributed by atoms with Crippen molar-refractivity contribution in [3.63, 3.8) is 0 Å². The number of nitrogens with zero attached hydrogens (tertiary/aromatic N) is 1. The van der Waals surface area contributed by atoms with E-state index < -0.39 is 5.91 Å². The van der Waals surface area contributed by atoms with Gasteiger partial charge in [-0.2, -0.15) is 5.10 Å². The molecule has 0 bridgehead atoms. The topological polar surface area (TPSA) is 79.8 Å². The van der Waals surface area contributed by atoms with Crippen molar-refractivity contribution in [1.29, 1.82) is 0 Å². The first-order valence-corrected chi connectivity index (χ1v) is 9.92. The fraction of sp³-hybridized carbons (Fsp3) is 0.125. The van der Waals surface area contributed by atoms with Crippen LogP contribution in [-0.4, -0.2) is 24.6 Å². The second kappa shape index (κ2) is 9.91. The Kier molecular flexibility index (Phi) is 7.05. The normalized spacial score (nSPS) is 11.0. The van der Waals surface area contributed by atoms with Crippen molar-refractivity contribution >= 4 is 34.8 Å². The van der Waals surface area contributed by atoms with Gasteiger partial charge in [0.1, 0.15) is 5.75 Å².